The van der Waals surface area contributed by atoms with Crippen LogP contribution in [-0.4, -0.2) is 16.7 Å². The molecule has 1 N–H and O–H groups in total. The Morgan fingerprint density at radius 3 is 2.71 bits per heavy atom. The van der Waals surface area contributed by atoms with Gasteiger partial charge in [0.2, 0.25) is 11.8 Å². The zero-order chi connectivity index (χ0) is 12.1. The van der Waals surface area contributed by atoms with Gasteiger partial charge in [0.05, 0.1) is 12.5 Å². The largest absolute Gasteiger partial charge is 0.423 e. The normalized spacial score (nSPS) is 12.6. The summed E-state index contributed by atoms with van der Waals surface area (Å²) in [4.78, 5) is 0. The summed E-state index contributed by atoms with van der Waals surface area (Å²) in [6.45, 7) is 5.64. The van der Waals surface area contributed by atoms with E-state index in [1.807, 2.05) is 25.1 Å². The molecule has 0 aliphatic carbocycles. The number of nitrogens with zero attached hydrogens (tertiary/aromatic N) is 2. The number of hydrogen-bond donors (Lipinski definition) is 1. The predicted molar refractivity (Wildman–Crippen MR) is 65.6 cm³/mol. The summed E-state index contributed by atoms with van der Waals surface area (Å²) < 4.78 is 5.62. The van der Waals surface area contributed by atoms with Gasteiger partial charge in [-0.2, -0.15) is 0 Å². The molecule has 0 aliphatic heterocycles. The second kappa shape index (κ2) is 5.59. The van der Waals surface area contributed by atoms with Crippen LogP contribution in [0.3, 0.4) is 0 Å². The monoisotopic (exact) mass is 231 g/mol. The lowest BCUT2D eigenvalue weighted by Gasteiger charge is -2.05. The Morgan fingerprint density at radius 2 is 2.00 bits per heavy atom. The van der Waals surface area contributed by atoms with E-state index in [-0.39, 0.29) is 5.92 Å². The van der Waals surface area contributed by atoms with Gasteiger partial charge in [-0.1, -0.05) is 37.3 Å². The maximum absolute atomic E-state index is 5.62. The summed E-state index contributed by atoms with van der Waals surface area (Å²) in [6, 6.07) is 10.2. The quantitative estimate of drug-likeness (QED) is 0.858. The molecular weight excluding hydrogens is 214 g/mol. The van der Waals surface area contributed by atoms with Gasteiger partial charge in [-0.15, -0.1) is 10.2 Å². The lowest BCUT2D eigenvalue weighted by atomic mass is 10.0. The molecule has 1 aromatic heterocycles. The third kappa shape index (κ3) is 2.91. The molecule has 0 bridgehead atoms. The average Bonchev–Trinajstić information content (AvgIpc) is 2.85. The smallest absolute Gasteiger partial charge is 0.230 e. The zero-order valence-corrected chi connectivity index (χ0v) is 10.2. The fourth-order valence-electron chi connectivity index (χ4n) is 1.63. The first kappa shape index (κ1) is 11.8. The van der Waals surface area contributed by atoms with Crippen LogP contribution in [0.2, 0.25) is 0 Å². The summed E-state index contributed by atoms with van der Waals surface area (Å²) in [6.07, 6.45) is 0. The number of hydrogen-bond acceptors (Lipinski definition) is 4. The summed E-state index contributed by atoms with van der Waals surface area (Å²) in [7, 11) is 0. The summed E-state index contributed by atoms with van der Waals surface area (Å²) in [5, 5.41) is 11.3. The second-order valence-corrected chi connectivity index (χ2v) is 3.95. The van der Waals surface area contributed by atoms with Crippen LogP contribution < -0.4 is 5.32 Å². The second-order valence-electron chi connectivity index (χ2n) is 3.95. The van der Waals surface area contributed by atoms with Crippen LogP contribution in [0.1, 0.15) is 37.1 Å². The van der Waals surface area contributed by atoms with E-state index in [0.29, 0.717) is 18.3 Å². The molecule has 0 radical (unpaired) electrons. The average molecular weight is 231 g/mol. The molecular formula is C13H17N3O. The SMILES string of the molecule is CCNCc1nnc(C(C)c2ccccc2)o1. The lowest BCUT2D eigenvalue weighted by molar-refractivity contribution is 0.426. The number of aromatic nitrogens is 2. The van der Waals surface area contributed by atoms with Crippen molar-refractivity contribution in [1.82, 2.24) is 15.5 Å². The van der Waals surface area contributed by atoms with E-state index in [2.05, 4.69) is 34.6 Å². The van der Waals surface area contributed by atoms with Crippen LogP contribution >= 0.6 is 0 Å². The molecule has 1 aromatic carbocycles. The summed E-state index contributed by atoms with van der Waals surface area (Å²) >= 11 is 0. The van der Waals surface area contributed by atoms with Gasteiger partial charge < -0.3 is 9.73 Å². The van der Waals surface area contributed by atoms with Crippen molar-refractivity contribution >= 4 is 0 Å². The fourth-order valence-corrected chi connectivity index (χ4v) is 1.63. The van der Waals surface area contributed by atoms with Crippen LogP contribution in [0, 0.1) is 0 Å². The maximum atomic E-state index is 5.62. The maximum Gasteiger partial charge on any atom is 0.230 e. The molecule has 1 heterocycles. The van der Waals surface area contributed by atoms with Crippen LogP contribution in [0.15, 0.2) is 34.7 Å². The minimum Gasteiger partial charge on any atom is -0.423 e. The Bertz CT molecular complexity index is 453. The van der Waals surface area contributed by atoms with Crippen molar-refractivity contribution in [2.45, 2.75) is 26.3 Å². The van der Waals surface area contributed by atoms with Crippen LogP contribution in [0.4, 0.5) is 0 Å². The molecule has 0 amide bonds. The molecule has 0 saturated carbocycles. The topological polar surface area (TPSA) is 51.0 Å². The minimum atomic E-state index is 0.138. The van der Waals surface area contributed by atoms with Crippen LogP contribution in [0.5, 0.6) is 0 Å². The van der Waals surface area contributed by atoms with Gasteiger partial charge in [0.1, 0.15) is 0 Å². The highest BCUT2D eigenvalue weighted by Gasteiger charge is 2.15. The van der Waals surface area contributed by atoms with Crippen molar-refractivity contribution in [1.29, 1.82) is 0 Å². The molecule has 17 heavy (non-hydrogen) atoms. The Labute approximate surface area is 101 Å². The highest BCUT2D eigenvalue weighted by molar-refractivity contribution is 5.23. The van der Waals surface area contributed by atoms with E-state index in [1.54, 1.807) is 0 Å². The van der Waals surface area contributed by atoms with E-state index in [1.165, 1.54) is 5.56 Å². The molecule has 0 aliphatic rings. The molecule has 2 rings (SSSR count). The number of benzene rings is 1. The Morgan fingerprint density at radius 1 is 1.24 bits per heavy atom. The van der Waals surface area contributed by atoms with Gasteiger partial charge in [0.25, 0.3) is 0 Å². The molecule has 0 spiro atoms. The standard InChI is InChI=1S/C13H17N3O/c1-3-14-9-12-15-16-13(17-12)10(2)11-7-5-4-6-8-11/h4-8,10,14H,3,9H2,1-2H3. The Hall–Kier alpha value is -1.68. The summed E-state index contributed by atoms with van der Waals surface area (Å²) in [5.74, 6) is 1.45. The van der Waals surface area contributed by atoms with E-state index in [0.717, 1.165) is 6.54 Å². The molecule has 4 nitrogen and oxygen atoms in total. The molecule has 1 atom stereocenters. The van der Waals surface area contributed by atoms with E-state index in [4.69, 9.17) is 4.42 Å². The van der Waals surface area contributed by atoms with Crippen molar-refractivity contribution in [2.75, 3.05) is 6.54 Å². The molecule has 4 heteroatoms. The van der Waals surface area contributed by atoms with Crippen molar-refractivity contribution in [3.05, 3.63) is 47.7 Å². The zero-order valence-electron chi connectivity index (χ0n) is 10.2. The van der Waals surface area contributed by atoms with Crippen LogP contribution in [0.25, 0.3) is 0 Å². The molecule has 1 unspecified atom stereocenters. The van der Waals surface area contributed by atoms with Crippen molar-refractivity contribution in [3.8, 4) is 0 Å². The first-order valence-electron chi connectivity index (χ1n) is 5.89. The fraction of sp³-hybridized carbons (Fsp3) is 0.385. The third-order valence-electron chi connectivity index (χ3n) is 2.68. The number of nitrogens with one attached hydrogen (secondary N) is 1. The molecule has 2 aromatic rings. The lowest BCUT2D eigenvalue weighted by Crippen LogP contribution is -2.11. The number of rotatable bonds is 5. The molecule has 0 fully saturated rings. The van der Waals surface area contributed by atoms with Gasteiger partial charge in [0.15, 0.2) is 0 Å². The van der Waals surface area contributed by atoms with Gasteiger partial charge in [-0.3, -0.25) is 0 Å². The van der Waals surface area contributed by atoms with Crippen molar-refractivity contribution in [2.24, 2.45) is 0 Å². The van der Waals surface area contributed by atoms with Gasteiger partial charge in [0, 0.05) is 0 Å². The first-order valence-corrected chi connectivity index (χ1v) is 5.89. The highest BCUT2D eigenvalue weighted by atomic mass is 16.4. The first-order chi connectivity index (χ1) is 8.31. The Balaban J connectivity index is 2.09. The Kier molecular flexibility index (Phi) is 3.88. The van der Waals surface area contributed by atoms with Gasteiger partial charge in [-0.05, 0) is 19.0 Å². The van der Waals surface area contributed by atoms with E-state index in [9.17, 15) is 0 Å². The minimum absolute atomic E-state index is 0.138. The molecule has 0 saturated heterocycles. The van der Waals surface area contributed by atoms with Gasteiger partial charge >= 0.3 is 0 Å². The third-order valence-corrected chi connectivity index (χ3v) is 2.68. The highest BCUT2D eigenvalue weighted by Crippen LogP contribution is 2.22. The van der Waals surface area contributed by atoms with Crippen molar-refractivity contribution < 1.29 is 4.42 Å². The van der Waals surface area contributed by atoms with Gasteiger partial charge in [-0.25, -0.2) is 0 Å². The van der Waals surface area contributed by atoms with E-state index < -0.39 is 0 Å². The summed E-state index contributed by atoms with van der Waals surface area (Å²) in [5.41, 5.74) is 1.19. The van der Waals surface area contributed by atoms with Crippen LogP contribution in [-0.2, 0) is 6.54 Å². The predicted octanol–water partition coefficient (Wildman–Crippen LogP) is 2.33. The molecule has 90 valence electrons. The van der Waals surface area contributed by atoms with Crippen molar-refractivity contribution in [3.63, 3.8) is 0 Å². The van der Waals surface area contributed by atoms with E-state index >= 15 is 0 Å².